The van der Waals surface area contributed by atoms with Gasteiger partial charge in [0, 0.05) is 12.5 Å². The number of ether oxygens (including phenoxy) is 1. The largest absolute Gasteiger partial charge is 0.430 e. The highest BCUT2D eigenvalue weighted by Crippen LogP contribution is 2.19. The Bertz CT molecular complexity index is 577. The maximum atomic E-state index is 11.6. The predicted molar refractivity (Wildman–Crippen MR) is 73.5 cm³/mol. The average molecular weight is 273 g/mol. The fourth-order valence-electron chi connectivity index (χ4n) is 1.76. The van der Waals surface area contributed by atoms with E-state index in [1.807, 2.05) is 30.3 Å². The minimum absolute atomic E-state index is 0.0861. The van der Waals surface area contributed by atoms with Crippen molar-refractivity contribution in [2.75, 3.05) is 0 Å². The quantitative estimate of drug-likeness (QED) is 0.598. The molecule has 1 atom stereocenters. The number of benzene rings is 1. The number of carbonyl (C=O) groups excluding carboxylic acids is 1. The van der Waals surface area contributed by atoms with Crippen molar-refractivity contribution in [3.8, 4) is 5.95 Å². The first-order valence-corrected chi connectivity index (χ1v) is 6.39. The summed E-state index contributed by atoms with van der Waals surface area (Å²) in [6, 6.07) is 12.1. The van der Waals surface area contributed by atoms with E-state index in [4.69, 9.17) is 9.15 Å². The summed E-state index contributed by atoms with van der Waals surface area (Å²) >= 11 is 0. The van der Waals surface area contributed by atoms with Gasteiger partial charge in [0.05, 0.1) is 0 Å². The van der Waals surface area contributed by atoms with Crippen LogP contribution in [0, 0.1) is 4.91 Å². The Morgan fingerprint density at radius 1 is 1.25 bits per heavy atom. The Labute approximate surface area is 116 Å². The molecule has 5 nitrogen and oxygen atoms in total. The van der Waals surface area contributed by atoms with Crippen molar-refractivity contribution >= 4 is 5.97 Å². The van der Waals surface area contributed by atoms with Crippen LogP contribution in [-0.4, -0.2) is 12.0 Å². The van der Waals surface area contributed by atoms with Gasteiger partial charge in [-0.3, -0.25) is 0 Å². The first kappa shape index (κ1) is 14.0. The molecule has 0 N–H and O–H groups in total. The van der Waals surface area contributed by atoms with Crippen molar-refractivity contribution in [2.45, 2.75) is 25.8 Å². The summed E-state index contributed by atoms with van der Waals surface area (Å²) in [6.45, 7) is 1.69. The predicted octanol–water partition coefficient (Wildman–Crippen LogP) is 3.32. The molecule has 104 valence electrons. The highest BCUT2D eigenvalue weighted by molar-refractivity contribution is 5.77. The first-order valence-electron chi connectivity index (χ1n) is 6.39. The number of hydrogen-bond acceptors (Lipinski definition) is 5. The van der Waals surface area contributed by atoms with Crippen molar-refractivity contribution in [1.29, 1.82) is 0 Å². The molecule has 1 heterocycles. The number of esters is 1. The summed E-state index contributed by atoms with van der Waals surface area (Å²) in [7, 11) is 0. The second-order valence-corrected chi connectivity index (χ2v) is 4.33. The molecule has 0 bridgehead atoms. The van der Waals surface area contributed by atoms with Crippen molar-refractivity contribution < 1.29 is 13.9 Å². The van der Waals surface area contributed by atoms with Crippen molar-refractivity contribution in [3.05, 3.63) is 58.7 Å². The van der Waals surface area contributed by atoms with E-state index in [2.05, 4.69) is 5.18 Å². The molecule has 1 aromatic carbocycles. The van der Waals surface area contributed by atoms with Crippen LogP contribution in [0.4, 0.5) is 0 Å². The maximum absolute atomic E-state index is 11.6. The lowest BCUT2D eigenvalue weighted by atomic mass is 10.1. The van der Waals surface area contributed by atoms with Gasteiger partial charge < -0.3 is 9.15 Å². The first-order chi connectivity index (χ1) is 9.72. The summed E-state index contributed by atoms with van der Waals surface area (Å²) in [6.07, 6.45) is 0.918. The SMILES string of the molecule is CCC(N=O)C(=O)Oc1ccc(Cc2ccccc2)o1. The van der Waals surface area contributed by atoms with E-state index in [1.165, 1.54) is 0 Å². The van der Waals surface area contributed by atoms with E-state index in [0.717, 1.165) is 5.56 Å². The van der Waals surface area contributed by atoms with Crippen LogP contribution in [0.5, 0.6) is 5.95 Å². The zero-order valence-electron chi connectivity index (χ0n) is 11.1. The molecule has 0 radical (unpaired) electrons. The Morgan fingerprint density at radius 2 is 2.00 bits per heavy atom. The number of rotatable bonds is 6. The van der Waals surface area contributed by atoms with E-state index in [9.17, 15) is 9.70 Å². The van der Waals surface area contributed by atoms with Gasteiger partial charge in [-0.1, -0.05) is 42.4 Å². The van der Waals surface area contributed by atoms with Crippen molar-refractivity contribution in [1.82, 2.24) is 0 Å². The summed E-state index contributed by atoms with van der Waals surface area (Å²) in [5.41, 5.74) is 1.10. The van der Waals surface area contributed by atoms with E-state index in [1.54, 1.807) is 19.1 Å². The lowest BCUT2D eigenvalue weighted by Crippen LogP contribution is -2.22. The van der Waals surface area contributed by atoms with Crippen LogP contribution in [0.3, 0.4) is 0 Å². The Kier molecular flexibility index (Phi) is 4.65. The van der Waals surface area contributed by atoms with Gasteiger partial charge in [0.1, 0.15) is 5.76 Å². The van der Waals surface area contributed by atoms with Crippen molar-refractivity contribution in [3.63, 3.8) is 0 Å². The van der Waals surface area contributed by atoms with Gasteiger partial charge in [-0.25, -0.2) is 4.79 Å². The third-order valence-electron chi connectivity index (χ3n) is 2.85. The van der Waals surface area contributed by atoms with Gasteiger partial charge in [0.15, 0.2) is 6.04 Å². The number of furan rings is 1. The molecule has 20 heavy (non-hydrogen) atoms. The Hall–Kier alpha value is -2.43. The summed E-state index contributed by atoms with van der Waals surface area (Å²) < 4.78 is 10.4. The normalized spacial score (nSPS) is 11.8. The van der Waals surface area contributed by atoms with Crippen molar-refractivity contribution in [2.24, 2.45) is 5.18 Å². The van der Waals surface area contributed by atoms with Crippen LogP contribution in [0.2, 0.25) is 0 Å². The van der Waals surface area contributed by atoms with E-state index in [0.29, 0.717) is 18.6 Å². The molecule has 0 aliphatic rings. The minimum atomic E-state index is -0.988. The molecule has 0 aliphatic heterocycles. The fraction of sp³-hybridized carbons (Fsp3) is 0.267. The molecule has 0 aliphatic carbocycles. The van der Waals surface area contributed by atoms with E-state index < -0.39 is 12.0 Å². The molecular formula is C15H15NO4. The molecule has 0 saturated heterocycles. The van der Waals surface area contributed by atoms with Crippen LogP contribution in [0.15, 0.2) is 52.1 Å². The molecule has 1 aromatic heterocycles. The summed E-state index contributed by atoms with van der Waals surface area (Å²) in [5.74, 6) is 0.0808. The molecule has 1 unspecified atom stereocenters. The molecule has 2 rings (SSSR count). The maximum Gasteiger partial charge on any atom is 0.342 e. The second-order valence-electron chi connectivity index (χ2n) is 4.33. The van der Waals surface area contributed by atoms with Crippen LogP contribution < -0.4 is 4.74 Å². The molecule has 2 aromatic rings. The van der Waals surface area contributed by atoms with Crippen LogP contribution >= 0.6 is 0 Å². The Balaban J connectivity index is 1.99. The van der Waals surface area contributed by atoms with Crippen LogP contribution in [-0.2, 0) is 11.2 Å². The summed E-state index contributed by atoms with van der Waals surface area (Å²) in [5, 5.41) is 2.71. The topological polar surface area (TPSA) is 68.9 Å². The molecule has 0 amide bonds. The smallest absolute Gasteiger partial charge is 0.342 e. The van der Waals surface area contributed by atoms with Gasteiger partial charge in [-0.15, -0.1) is 4.91 Å². The number of nitrogens with zero attached hydrogens (tertiary/aromatic N) is 1. The third-order valence-corrected chi connectivity index (χ3v) is 2.85. The highest BCUT2D eigenvalue weighted by Gasteiger charge is 2.20. The summed E-state index contributed by atoms with van der Waals surface area (Å²) in [4.78, 5) is 22.0. The highest BCUT2D eigenvalue weighted by atomic mass is 16.6. The van der Waals surface area contributed by atoms with Gasteiger partial charge in [-0.05, 0) is 18.1 Å². The van der Waals surface area contributed by atoms with E-state index in [-0.39, 0.29) is 5.95 Å². The van der Waals surface area contributed by atoms with Gasteiger partial charge in [-0.2, -0.15) is 0 Å². The molecule has 0 spiro atoms. The zero-order valence-corrected chi connectivity index (χ0v) is 11.1. The van der Waals surface area contributed by atoms with Crippen LogP contribution in [0.25, 0.3) is 0 Å². The van der Waals surface area contributed by atoms with Gasteiger partial charge in [0.2, 0.25) is 0 Å². The zero-order chi connectivity index (χ0) is 14.4. The third kappa shape index (κ3) is 3.54. The lowest BCUT2D eigenvalue weighted by Gasteiger charge is -2.04. The molecule has 0 fully saturated rings. The average Bonchev–Trinajstić information content (AvgIpc) is 2.88. The number of nitroso groups, excluding NO2 is 1. The van der Waals surface area contributed by atoms with Crippen LogP contribution in [0.1, 0.15) is 24.7 Å². The lowest BCUT2D eigenvalue weighted by molar-refractivity contribution is -0.137. The molecule has 0 saturated carbocycles. The monoisotopic (exact) mass is 273 g/mol. The second kappa shape index (κ2) is 6.65. The Morgan fingerprint density at radius 3 is 2.65 bits per heavy atom. The van der Waals surface area contributed by atoms with Gasteiger partial charge >= 0.3 is 5.97 Å². The molecular weight excluding hydrogens is 258 g/mol. The fourth-order valence-corrected chi connectivity index (χ4v) is 1.76. The standard InChI is InChI=1S/C15H15NO4/c1-2-13(16-18)15(17)20-14-9-8-12(19-14)10-11-6-4-3-5-7-11/h3-9,13H,2,10H2,1H3. The van der Waals surface area contributed by atoms with Gasteiger partial charge in [0.25, 0.3) is 5.95 Å². The minimum Gasteiger partial charge on any atom is -0.430 e. The van der Waals surface area contributed by atoms with E-state index >= 15 is 0 Å². The number of hydrogen-bond donors (Lipinski definition) is 0. The molecule has 5 heteroatoms. The number of carbonyl (C=O) groups is 1.